The highest BCUT2D eigenvalue weighted by atomic mass is 16.5. The van der Waals surface area contributed by atoms with Crippen LogP contribution in [0.15, 0.2) is 84.9 Å². The highest BCUT2D eigenvalue weighted by Gasteiger charge is 2.50. The van der Waals surface area contributed by atoms with E-state index in [9.17, 15) is 4.79 Å². The molecule has 1 atom stereocenters. The maximum absolute atomic E-state index is 12.9. The normalized spacial score (nSPS) is 19.0. The lowest BCUT2D eigenvalue weighted by atomic mass is 9.87. The molecule has 0 radical (unpaired) electrons. The number of para-hydroxylation sites is 2. The molecule has 3 heteroatoms. The number of carbonyl (C=O) groups excluding carboxylic acids is 1. The molecule has 3 aromatic rings. The van der Waals surface area contributed by atoms with Crippen molar-refractivity contribution in [3.63, 3.8) is 0 Å². The molecule has 0 saturated heterocycles. The fraction of sp³-hybridized carbons (Fsp3) is 0.0500. The molecule has 1 aliphatic heterocycles. The van der Waals surface area contributed by atoms with Gasteiger partial charge >= 0.3 is 0 Å². The minimum absolute atomic E-state index is 0.172. The Balaban J connectivity index is 1.94. The second kappa shape index (κ2) is 5.29. The first kappa shape index (κ1) is 13.6. The lowest BCUT2D eigenvalue weighted by molar-refractivity contribution is -0.127. The average molecular weight is 301 g/mol. The average Bonchev–Trinajstić information content (AvgIpc) is 2.89. The van der Waals surface area contributed by atoms with Crippen molar-refractivity contribution < 1.29 is 9.53 Å². The summed E-state index contributed by atoms with van der Waals surface area (Å²) in [6.07, 6.45) is 0. The minimum atomic E-state index is -1.17. The van der Waals surface area contributed by atoms with Gasteiger partial charge in [0.05, 0.1) is 0 Å². The first-order valence-electron chi connectivity index (χ1n) is 7.51. The lowest BCUT2D eigenvalue weighted by Crippen LogP contribution is -2.41. The third kappa shape index (κ3) is 2.09. The standard InChI is InChI=1S/C20H15NO2/c22-19-20(15-9-3-1-4-10-15,23-16-11-5-2-6-12-16)17-13-7-8-14-18(17)21-19/h1-14H,(H,21,22). The quantitative estimate of drug-likeness (QED) is 0.795. The van der Waals surface area contributed by atoms with Gasteiger partial charge in [-0.25, -0.2) is 0 Å². The van der Waals surface area contributed by atoms with E-state index in [1.54, 1.807) is 0 Å². The number of amides is 1. The summed E-state index contributed by atoms with van der Waals surface area (Å²) in [5, 5.41) is 2.94. The van der Waals surface area contributed by atoms with Crippen molar-refractivity contribution in [3.8, 4) is 5.75 Å². The van der Waals surface area contributed by atoms with Crippen LogP contribution in [0.25, 0.3) is 0 Å². The second-order valence-corrected chi connectivity index (χ2v) is 5.46. The molecule has 0 spiro atoms. The second-order valence-electron chi connectivity index (χ2n) is 5.46. The molecule has 1 heterocycles. The van der Waals surface area contributed by atoms with Crippen LogP contribution in [0, 0.1) is 0 Å². The summed E-state index contributed by atoms with van der Waals surface area (Å²) >= 11 is 0. The molecule has 0 bridgehead atoms. The lowest BCUT2D eigenvalue weighted by Gasteiger charge is -2.29. The largest absolute Gasteiger partial charge is 0.468 e. The van der Waals surface area contributed by atoms with Crippen LogP contribution >= 0.6 is 0 Å². The summed E-state index contributed by atoms with van der Waals surface area (Å²) in [5.41, 5.74) is 1.27. The smallest absolute Gasteiger partial charge is 0.278 e. The van der Waals surface area contributed by atoms with E-state index in [-0.39, 0.29) is 5.91 Å². The van der Waals surface area contributed by atoms with Gasteiger partial charge in [0.25, 0.3) is 5.91 Å². The van der Waals surface area contributed by atoms with Crippen molar-refractivity contribution >= 4 is 11.6 Å². The van der Waals surface area contributed by atoms with Gasteiger partial charge in [-0.3, -0.25) is 4.79 Å². The zero-order valence-electron chi connectivity index (χ0n) is 12.4. The third-order valence-electron chi connectivity index (χ3n) is 4.07. The fourth-order valence-corrected chi connectivity index (χ4v) is 3.02. The Morgan fingerprint density at radius 2 is 1.35 bits per heavy atom. The van der Waals surface area contributed by atoms with Gasteiger partial charge in [0.1, 0.15) is 5.75 Å². The molecule has 1 unspecified atom stereocenters. The van der Waals surface area contributed by atoms with Crippen LogP contribution in [0.3, 0.4) is 0 Å². The molecular formula is C20H15NO2. The highest BCUT2D eigenvalue weighted by molar-refractivity contribution is 6.07. The predicted octanol–water partition coefficient (Wildman–Crippen LogP) is 3.96. The van der Waals surface area contributed by atoms with Gasteiger partial charge < -0.3 is 10.1 Å². The number of hydrogen-bond acceptors (Lipinski definition) is 2. The SMILES string of the molecule is O=C1Nc2ccccc2C1(Oc1ccccc1)c1ccccc1. The van der Waals surface area contributed by atoms with Crippen molar-refractivity contribution in [2.75, 3.05) is 5.32 Å². The van der Waals surface area contributed by atoms with E-state index < -0.39 is 5.60 Å². The summed E-state index contributed by atoms with van der Waals surface area (Å²) in [5.74, 6) is 0.483. The number of nitrogens with one attached hydrogen (secondary N) is 1. The first-order valence-corrected chi connectivity index (χ1v) is 7.51. The van der Waals surface area contributed by atoms with Crippen LogP contribution in [0.5, 0.6) is 5.75 Å². The van der Waals surface area contributed by atoms with Crippen molar-refractivity contribution in [2.24, 2.45) is 0 Å². The zero-order valence-corrected chi connectivity index (χ0v) is 12.4. The molecule has 0 aromatic heterocycles. The van der Waals surface area contributed by atoms with Crippen molar-refractivity contribution in [1.82, 2.24) is 0 Å². The number of ether oxygens (including phenoxy) is 1. The number of hydrogen-bond donors (Lipinski definition) is 1. The van der Waals surface area contributed by atoms with Gasteiger partial charge in [-0.05, 0) is 18.2 Å². The van der Waals surface area contributed by atoms with Crippen LogP contribution in [-0.4, -0.2) is 5.91 Å². The Bertz CT molecular complexity index is 846. The Morgan fingerprint density at radius 3 is 2.09 bits per heavy atom. The maximum Gasteiger partial charge on any atom is 0.278 e. The van der Waals surface area contributed by atoms with Crippen LogP contribution in [0.4, 0.5) is 5.69 Å². The van der Waals surface area contributed by atoms with E-state index in [1.807, 2.05) is 84.9 Å². The number of fused-ring (bicyclic) bond motifs is 1. The van der Waals surface area contributed by atoms with Gasteiger partial charge in [0, 0.05) is 16.8 Å². The molecule has 0 aliphatic carbocycles. The highest BCUT2D eigenvalue weighted by Crippen LogP contribution is 2.43. The van der Waals surface area contributed by atoms with E-state index in [2.05, 4.69) is 5.32 Å². The molecule has 112 valence electrons. The minimum Gasteiger partial charge on any atom is -0.468 e. The topological polar surface area (TPSA) is 38.3 Å². The maximum atomic E-state index is 12.9. The van der Waals surface area contributed by atoms with E-state index in [0.717, 1.165) is 16.8 Å². The Labute approximate surface area is 134 Å². The van der Waals surface area contributed by atoms with Gasteiger partial charge in [-0.2, -0.15) is 0 Å². The molecule has 0 saturated carbocycles. The van der Waals surface area contributed by atoms with E-state index in [1.165, 1.54) is 0 Å². The third-order valence-corrected chi connectivity index (χ3v) is 4.07. The summed E-state index contributed by atoms with van der Waals surface area (Å²) in [6, 6.07) is 26.7. The molecule has 4 rings (SSSR count). The number of carbonyl (C=O) groups is 1. The number of anilines is 1. The molecule has 0 fully saturated rings. The molecule has 3 nitrogen and oxygen atoms in total. The van der Waals surface area contributed by atoms with Gasteiger partial charge in [-0.15, -0.1) is 0 Å². The molecule has 23 heavy (non-hydrogen) atoms. The van der Waals surface area contributed by atoms with Crippen LogP contribution < -0.4 is 10.1 Å². The Kier molecular flexibility index (Phi) is 3.12. The molecule has 1 amide bonds. The van der Waals surface area contributed by atoms with Crippen LogP contribution in [0.2, 0.25) is 0 Å². The van der Waals surface area contributed by atoms with E-state index in [0.29, 0.717) is 5.75 Å². The van der Waals surface area contributed by atoms with Gasteiger partial charge in [0.15, 0.2) is 0 Å². The summed E-state index contributed by atoms with van der Waals surface area (Å²) in [4.78, 5) is 12.9. The van der Waals surface area contributed by atoms with Crippen molar-refractivity contribution in [2.45, 2.75) is 5.60 Å². The van der Waals surface area contributed by atoms with Gasteiger partial charge in [0.2, 0.25) is 5.60 Å². The van der Waals surface area contributed by atoms with Crippen molar-refractivity contribution in [1.29, 1.82) is 0 Å². The Hall–Kier alpha value is -3.07. The monoisotopic (exact) mass is 301 g/mol. The Morgan fingerprint density at radius 1 is 0.739 bits per heavy atom. The van der Waals surface area contributed by atoms with Gasteiger partial charge in [-0.1, -0.05) is 66.7 Å². The number of benzene rings is 3. The zero-order chi connectivity index (χ0) is 15.7. The molecule has 1 N–H and O–H groups in total. The molecule has 3 aromatic carbocycles. The van der Waals surface area contributed by atoms with E-state index in [4.69, 9.17) is 4.74 Å². The van der Waals surface area contributed by atoms with Crippen molar-refractivity contribution in [3.05, 3.63) is 96.1 Å². The number of rotatable bonds is 3. The molecule has 1 aliphatic rings. The summed E-state index contributed by atoms with van der Waals surface area (Å²) < 4.78 is 6.28. The summed E-state index contributed by atoms with van der Waals surface area (Å²) in [7, 11) is 0. The summed E-state index contributed by atoms with van der Waals surface area (Å²) in [6.45, 7) is 0. The molecular weight excluding hydrogens is 286 g/mol. The van der Waals surface area contributed by atoms with Crippen LogP contribution in [-0.2, 0) is 10.4 Å². The van der Waals surface area contributed by atoms with E-state index >= 15 is 0 Å². The van der Waals surface area contributed by atoms with Crippen LogP contribution in [0.1, 0.15) is 11.1 Å². The fourth-order valence-electron chi connectivity index (χ4n) is 3.02. The predicted molar refractivity (Wildman–Crippen MR) is 89.4 cm³/mol. The first-order chi connectivity index (χ1) is 11.3.